The number of nitrogens with zero attached hydrogens (tertiary/aromatic N) is 5. The third-order valence-corrected chi connectivity index (χ3v) is 15.2. The summed E-state index contributed by atoms with van der Waals surface area (Å²) in [4.78, 5) is 2.37. The van der Waals surface area contributed by atoms with Gasteiger partial charge in [-0.2, -0.15) is 0 Å². The van der Waals surface area contributed by atoms with Gasteiger partial charge < -0.3 is 23.2 Å². The normalized spacial score (nSPS) is 12.7. The van der Waals surface area contributed by atoms with Gasteiger partial charge in [0.1, 0.15) is 0 Å². The van der Waals surface area contributed by atoms with Gasteiger partial charge in [0.05, 0.1) is 27.6 Å². The van der Waals surface area contributed by atoms with E-state index in [0.29, 0.717) is 0 Å². The molecule has 9 aromatic carbocycles. The number of anilines is 3. The minimum Gasteiger partial charge on any atom is -0.347 e. The van der Waals surface area contributed by atoms with Crippen LogP contribution in [0.5, 0.6) is 0 Å². The van der Waals surface area contributed by atoms with Crippen LogP contribution in [0.25, 0.3) is 94.6 Å². The molecule has 74 heavy (non-hydrogen) atoms. The number of hydrogen-bond acceptors (Lipinski definition) is 1. The Hall–Kier alpha value is -9.06. The summed E-state index contributed by atoms with van der Waals surface area (Å²) in [7, 11) is 2.17. The lowest BCUT2D eigenvalue weighted by Crippen LogP contribution is -2.11. The van der Waals surface area contributed by atoms with Crippen LogP contribution in [-0.4, -0.2) is 18.3 Å². The molecule has 2 aliphatic carbocycles. The minimum atomic E-state index is 1.07. The lowest BCUT2D eigenvalue weighted by atomic mass is 10.0. The van der Waals surface area contributed by atoms with E-state index < -0.39 is 0 Å². The zero-order chi connectivity index (χ0) is 49.7. The molecule has 0 radical (unpaired) electrons. The van der Waals surface area contributed by atoms with Crippen molar-refractivity contribution in [3.05, 3.63) is 253 Å². The molecule has 0 atom stereocenters. The largest absolute Gasteiger partial charge is 0.347 e. The summed E-state index contributed by atoms with van der Waals surface area (Å²) in [6.45, 7) is 4.00. The summed E-state index contributed by atoms with van der Waals surface area (Å²) in [6.07, 6.45) is 13.7. The third-order valence-electron chi connectivity index (χ3n) is 15.2. The quantitative estimate of drug-likeness (QED) is 0.163. The smallest absolute Gasteiger partial charge is 0.0541 e. The SMILES string of the molecule is C1=Cc2c(c3ccccc3n2-c2ccc(N(c3ccc(-n4c5ccccc5c5ccccc54)cc3)c3ccc(-n4c5ccccc5c5ccccc54)cc3)cc2)CC1.CC.Cn1c2c(c3ccccc31)C=CCC2. The molecule has 5 heteroatoms. The van der Waals surface area contributed by atoms with Gasteiger partial charge in [-0.15, -0.1) is 0 Å². The highest BCUT2D eigenvalue weighted by molar-refractivity contribution is 6.10. The number of aromatic nitrogens is 4. The average Bonchev–Trinajstić information content (AvgIpc) is 4.21. The van der Waals surface area contributed by atoms with E-state index >= 15 is 0 Å². The Kier molecular flexibility index (Phi) is 11.4. The fourth-order valence-electron chi connectivity index (χ4n) is 12.0. The summed E-state index contributed by atoms with van der Waals surface area (Å²) in [6, 6.07) is 79.4. The monoisotopic (exact) mass is 955 g/mol. The summed E-state index contributed by atoms with van der Waals surface area (Å²) >= 11 is 0. The van der Waals surface area contributed by atoms with E-state index in [-0.39, 0.29) is 0 Å². The van der Waals surface area contributed by atoms with E-state index in [1.807, 2.05) is 13.8 Å². The van der Waals surface area contributed by atoms with Crippen molar-refractivity contribution in [3.63, 3.8) is 0 Å². The molecule has 0 saturated heterocycles. The van der Waals surface area contributed by atoms with Gasteiger partial charge in [0.15, 0.2) is 0 Å². The predicted molar refractivity (Wildman–Crippen MR) is 316 cm³/mol. The van der Waals surface area contributed by atoms with Crippen LogP contribution in [0.3, 0.4) is 0 Å². The average molecular weight is 956 g/mol. The van der Waals surface area contributed by atoms with Crippen molar-refractivity contribution < 1.29 is 0 Å². The van der Waals surface area contributed by atoms with E-state index in [1.54, 1.807) is 0 Å². The summed E-state index contributed by atoms with van der Waals surface area (Å²) < 4.78 is 9.51. The molecule has 0 aliphatic heterocycles. The van der Waals surface area contributed by atoms with Gasteiger partial charge in [0.25, 0.3) is 0 Å². The molecule has 13 aromatic rings. The van der Waals surface area contributed by atoms with Crippen LogP contribution >= 0.6 is 0 Å². The Bertz CT molecular complexity index is 4000. The Labute approximate surface area is 432 Å². The molecular formula is C69H57N5. The summed E-state index contributed by atoms with van der Waals surface area (Å²) in [5.41, 5.74) is 19.8. The van der Waals surface area contributed by atoms with Crippen molar-refractivity contribution >= 4 is 94.6 Å². The fraction of sp³-hybridized carbons (Fsp3) is 0.101. The highest BCUT2D eigenvalue weighted by Crippen LogP contribution is 2.41. The number of fused-ring (bicyclic) bond motifs is 12. The molecule has 358 valence electrons. The van der Waals surface area contributed by atoms with Crippen LogP contribution in [0, 0.1) is 0 Å². The van der Waals surface area contributed by atoms with Crippen LogP contribution in [0.4, 0.5) is 17.1 Å². The van der Waals surface area contributed by atoms with Crippen molar-refractivity contribution in [2.45, 2.75) is 39.5 Å². The van der Waals surface area contributed by atoms with Gasteiger partial charge in [0.2, 0.25) is 0 Å². The van der Waals surface area contributed by atoms with Gasteiger partial charge >= 0.3 is 0 Å². The van der Waals surface area contributed by atoms with Crippen molar-refractivity contribution in [1.82, 2.24) is 18.3 Å². The van der Waals surface area contributed by atoms with Crippen LogP contribution in [0.15, 0.2) is 231 Å². The Balaban J connectivity index is 0.000000282. The molecule has 0 bridgehead atoms. The van der Waals surface area contributed by atoms with E-state index in [4.69, 9.17) is 0 Å². The molecule has 15 rings (SSSR count). The second-order valence-corrected chi connectivity index (χ2v) is 19.2. The molecule has 0 saturated carbocycles. The number of benzene rings is 9. The van der Waals surface area contributed by atoms with Gasteiger partial charge in [0, 0.05) is 96.0 Å². The van der Waals surface area contributed by atoms with Crippen LogP contribution in [0.1, 0.15) is 49.2 Å². The maximum absolute atomic E-state index is 2.43. The van der Waals surface area contributed by atoms with Crippen molar-refractivity contribution in [3.8, 4) is 17.1 Å². The molecule has 0 spiro atoms. The van der Waals surface area contributed by atoms with Crippen molar-refractivity contribution in [2.24, 2.45) is 7.05 Å². The zero-order valence-corrected chi connectivity index (χ0v) is 42.2. The van der Waals surface area contributed by atoms with Gasteiger partial charge in [-0.05, 0) is 147 Å². The maximum Gasteiger partial charge on any atom is 0.0541 e. The maximum atomic E-state index is 2.43. The molecule has 5 nitrogen and oxygen atoms in total. The topological polar surface area (TPSA) is 23.0 Å². The van der Waals surface area contributed by atoms with Crippen molar-refractivity contribution in [2.75, 3.05) is 4.90 Å². The molecular weight excluding hydrogens is 899 g/mol. The first-order valence-electron chi connectivity index (χ1n) is 26.3. The van der Waals surface area contributed by atoms with E-state index in [1.165, 1.54) is 101 Å². The Morgan fingerprint density at radius 1 is 0.338 bits per heavy atom. The molecule has 0 N–H and O–H groups in total. The summed E-state index contributed by atoms with van der Waals surface area (Å²) in [5, 5.41) is 7.79. The zero-order valence-electron chi connectivity index (χ0n) is 42.2. The van der Waals surface area contributed by atoms with Gasteiger partial charge in [-0.3, -0.25) is 0 Å². The fourth-order valence-corrected chi connectivity index (χ4v) is 12.0. The minimum absolute atomic E-state index is 1.07. The standard InChI is InChI=1S/C54H38N4.C13H13N.C2H6/c1-7-19-49-43(13-1)44-14-2-8-20-50(44)56(49)40-31-25-37(26-32-40)55(38-27-33-41(34-28-38)57-51-21-9-3-15-45(51)46-16-4-10-22-52(46)57)39-29-35-42(36-30-39)58-53-23-11-5-17-47(53)48-18-6-12-24-54(48)58;1-14-12-8-4-2-6-10(12)11-7-3-5-9-13(11)14;1-2/h1-5,7-17,19-36H,6,18H2;2-4,6-8H,5,9H2,1H3;1-2H3. The second-order valence-electron chi connectivity index (χ2n) is 19.2. The Morgan fingerprint density at radius 2 is 0.689 bits per heavy atom. The van der Waals surface area contributed by atoms with E-state index in [0.717, 1.165) is 47.0 Å². The van der Waals surface area contributed by atoms with Crippen LogP contribution in [0.2, 0.25) is 0 Å². The van der Waals surface area contributed by atoms with Crippen LogP contribution < -0.4 is 4.90 Å². The number of rotatable bonds is 6. The molecule has 0 amide bonds. The van der Waals surface area contributed by atoms with Gasteiger partial charge in [-0.25, -0.2) is 0 Å². The number of para-hydroxylation sites is 6. The van der Waals surface area contributed by atoms with Crippen molar-refractivity contribution in [1.29, 1.82) is 0 Å². The lowest BCUT2D eigenvalue weighted by Gasteiger charge is -2.26. The van der Waals surface area contributed by atoms with Crippen LogP contribution in [-0.2, 0) is 19.9 Å². The predicted octanol–water partition coefficient (Wildman–Crippen LogP) is 18.4. The first-order valence-corrected chi connectivity index (χ1v) is 26.3. The molecule has 0 fully saturated rings. The molecule has 4 heterocycles. The van der Waals surface area contributed by atoms with E-state index in [9.17, 15) is 0 Å². The molecule has 0 unspecified atom stereocenters. The molecule has 2 aliphatic rings. The highest BCUT2D eigenvalue weighted by Gasteiger charge is 2.21. The Morgan fingerprint density at radius 3 is 1.15 bits per heavy atom. The second kappa shape index (κ2) is 18.8. The number of allylic oxidation sites excluding steroid dienone is 2. The highest BCUT2D eigenvalue weighted by atomic mass is 15.1. The number of aryl methyl sites for hydroxylation is 2. The lowest BCUT2D eigenvalue weighted by molar-refractivity contribution is 0.824. The van der Waals surface area contributed by atoms with E-state index in [2.05, 4.69) is 273 Å². The molecule has 4 aromatic heterocycles. The third kappa shape index (κ3) is 7.38. The first-order chi connectivity index (χ1) is 36.7. The van der Waals surface area contributed by atoms with Gasteiger partial charge in [-0.1, -0.05) is 141 Å². The summed E-state index contributed by atoms with van der Waals surface area (Å²) in [5.74, 6) is 0. The number of hydrogen-bond donors (Lipinski definition) is 0. The first kappa shape index (κ1) is 44.8.